The van der Waals surface area contributed by atoms with Crippen LogP contribution in [0.15, 0.2) is 47.3 Å². The molecule has 158 valence electrons. The molecule has 0 bridgehead atoms. The lowest BCUT2D eigenvalue weighted by atomic mass is 10.1. The van der Waals surface area contributed by atoms with Crippen LogP contribution >= 0.6 is 11.3 Å². The van der Waals surface area contributed by atoms with E-state index in [1.54, 1.807) is 29.8 Å². The van der Waals surface area contributed by atoms with Gasteiger partial charge in [-0.25, -0.2) is 9.97 Å². The minimum Gasteiger partial charge on any atom is -0.459 e. The summed E-state index contributed by atoms with van der Waals surface area (Å²) < 4.78 is 5.22. The molecule has 0 radical (unpaired) electrons. The highest BCUT2D eigenvalue weighted by Crippen LogP contribution is 2.37. The molecule has 0 saturated heterocycles. The summed E-state index contributed by atoms with van der Waals surface area (Å²) in [5, 5.41) is 10.9. The van der Waals surface area contributed by atoms with E-state index in [0.717, 1.165) is 46.9 Å². The van der Waals surface area contributed by atoms with Gasteiger partial charge in [-0.15, -0.1) is 11.3 Å². The smallest absolute Gasteiger partial charge is 0.291 e. The number of furan rings is 1. The normalized spacial score (nSPS) is 13.1. The minimum absolute atomic E-state index is 0.263. The summed E-state index contributed by atoms with van der Waals surface area (Å²) >= 11 is 1.71. The van der Waals surface area contributed by atoms with E-state index in [1.165, 1.54) is 16.7 Å². The van der Waals surface area contributed by atoms with E-state index in [9.17, 15) is 4.79 Å². The second kappa shape index (κ2) is 8.01. The third-order valence-electron chi connectivity index (χ3n) is 5.24. The molecule has 0 atom stereocenters. The summed E-state index contributed by atoms with van der Waals surface area (Å²) in [7, 11) is 3.87. The first-order valence-electron chi connectivity index (χ1n) is 9.99. The Morgan fingerprint density at radius 1 is 1.26 bits per heavy atom. The second-order valence-electron chi connectivity index (χ2n) is 7.52. The number of nitrogens with one attached hydrogen (secondary N) is 3. The number of thiophene rings is 1. The molecular weight excluding hydrogens is 412 g/mol. The third kappa shape index (κ3) is 3.73. The van der Waals surface area contributed by atoms with E-state index >= 15 is 0 Å². The number of carbonyl (C=O) groups is 1. The molecule has 31 heavy (non-hydrogen) atoms. The quantitative estimate of drug-likeness (QED) is 0.437. The lowest BCUT2D eigenvalue weighted by Crippen LogP contribution is -2.22. The summed E-state index contributed by atoms with van der Waals surface area (Å²) in [5.41, 5.74) is 3.71. The van der Waals surface area contributed by atoms with Crippen LogP contribution in [0.4, 0.5) is 22.9 Å². The molecule has 1 amide bonds. The molecule has 1 aromatic carbocycles. The van der Waals surface area contributed by atoms with Gasteiger partial charge in [0.1, 0.15) is 17.0 Å². The molecule has 0 saturated carbocycles. The Hall–Kier alpha value is -3.43. The summed E-state index contributed by atoms with van der Waals surface area (Å²) in [6, 6.07) is 9.18. The lowest BCUT2D eigenvalue weighted by Gasteiger charge is -2.19. The van der Waals surface area contributed by atoms with Gasteiger partial charge in [-0.1, -0.05) is 0 Å². The van der Waals surface area contributed by atoms with Gasteiger partial charge in [0.25, 0.3) is 5.91 Å². The number of hydrogen-bond acceptors (Lipinski definition) is 8. The van der Waals surface area contributed by atoms with Crippen molar-refractivity contribution >= 4 is 50.3 Å². The predicted octanol–water partition coefficient (Wildman–Crippen LogP) is 3.99. The standard InChI is InChI=1S/C22H22N6O2S/c1-28(2)16-6-5-13(10-15(16)27-21(29)17-4-3-9-30-17)26-20-19-14-7-8-23-11-18(14)31-22(19)25-12-24-20/h3-6,9-10,12,23H,7-8,11H2,1-2H3,(H,27,29)(H,24,25,26). The number of rotatable bonds is 5. The maximum absolute atomic E-state index is 12.6. The largest absolute Gasteiger partial charge is 0.459 e. The van der Waals surface area contributed by atoms with Gasteiger partial charge in [0.15, 0.2) is 5.76 Å². The number of nitrogens with zero attached hydrogens (tertiary/aromatic N) is 3. The average molecular weight is 435 g/mol. The van der Waals surface area contributed by atoms with Crippen molar-refractivity contribution < 1.29 is 9.21 Å². The first-order chi connectivity index (χ1) is 15.1. The molecule has 5 rings (SSSR count). The van der Waals surface area contributed by atoms with Gasteiger partial charge < -0.3 is 25.3 Å². The van der Waals surface area contributed by atoms with Gasteiger partial charge in [-0.3, -0.25) is 4.79 Å². The Labute approximate surface area is 183 Å². The first kappa shape index (κ1) is 19.5. The second-order valence-corrected chi connectivity index (χ2v) is 8.60. The summed E-state index contributed by atoms with van der Waals surface area (Å²) in [6.07, 6.45) is 4.03. The van der Waals surface area contributed by atoms with Gasteiger partial charge in [-0.05, 0) is 48.9 Å². The molecule has 8 nitrogen and oxygen atoms in total. The molecule has 3 aromatic heterocycles. The van der Waals surface area contributed by atoms with Crippen LogP contribution < -0.4 is 20.9 Å². The summed E-state index contributed by atoms with van der Waals surface area (Å²) in [6.45, 7) is 1.82. The average Bonchev–Trinajstić information content (AvgIpc) is 3.42. The fraction of sp³-hybridized carbons (Fsp3) is 0.227. The molecule has 3 N–H and O–H groups in total. The Kier molecular flexibility index (Phi) is 5.05. The predicted molar refractivity (Wildman–Crippen MR) is 124 cm³/mol. The van der Waals surface area contributed by atoms with Crippen LogP contribution in [0.3, 0.4) is 0 Å². The fourth-order valence-electron chi connectivity index (χ4n) is 3.79. The molecule has 1 aliphatic rings. The van der Waals surface area contributed by atoms with Crippen LogP contribution in [0.2, 0.25) is 0 Å². The Bertz CT molecular complexity index is 1250. The van der Waals surface area contributed by atoms with Crippen molar-refractivity contribution in [1.82, 2.24) is 15.3 Å². The van der Waals surface area contributed by atoms with Crippen LogP contribution in [0.25, 0.3) is 10.2 Å². The van der Waals surface area contributed by atoms with Crippen molar-refractivity contribution in [2.24, 2.45) is 0 Å². The molecule has 0 spiro atoms. The third-order valence-corrected chi connectivity index (χ3v) is 6.38. The summed E-state index contributed by atoms with van der Waals surface area (Å²) in [4.78, 5) is 25.8. The number of benzene rings is 1. The molecule has 4 aromatic rings. The van der Waals surface area contributed by atoms with Gasteiger partial charge in [0, 0.05) is 31.2 Å². The van der Waals surface area contributed by atoms with Crippen LogP contribution in [-0.4, -0.2) is 36.5 Å². The van der Waals surface area contributed by atoms with Gasteiger partial charge >= 0.3 is 0 Å². The monoisotopic (exact) mass is 434 g/mol. The van der Waals surface area contributed by atoms with Gasteiger partial charge in [0.05, 0.1) is 23.0 Å². The number of fused-ring (bicyclic) bond motifs is 3. The van der Waals surface area contributed by atoms with Crippen molar-refractivity contribution in [3.63, 3.8) is 0 Å². The molecule has 0 fully saturated rings. The Balaban J connectivity index is 1.50. The van der Waals surface area contributed by atoms with Crippen LogP contribution in [0.1, 0.15) is 21.0 Å². The van der Waals surface area contributed by atoms with E-state index in [-0.39, 0.29) is 11.7 Å². The number of aromatic nitrogens is 2. The highest BCUT2D eigenvalue weighted by Gasteiger charge is 2.20. The molecule has 0 unspecified atom stereocenters. The molecular formula is C22H22N6O2S. The zero-order valence-electron chi connectivity index (χ0n) is 17.2. The van der Waals surface area contributed by atoms with Crippen molar-refractivity contribution in [3.8, 4) is 0 Å². The zero-order chi connectivity index (χ0) is 21.4. The number of amides is 1. The van der Waals surface area contributed by atoms with Crippen LogP contribution in [0.5, 0.6) is 0 Å². The lowest BCUT2D eigenvalue weighted by molar-refractivity contribution is 0.0996. The van der Waals surface area contributed by atoms with Gasteiger partial charge in [0.2, 0.25) is 0 Å². The Morgan fingerprint density at radius 2 is 2.16 bits per heavy atom. The van der Waals surface area contributed by atoms with Crippen LogP contribution in [0, 0.1) is 0 Å². The minimum atomic E-state index is -0.297. The topological polar surface area (TPSA) is 95.3 Å². The highest BCUT2D eigenvalue weighted by molar-refractivity contribution is 7.19. The first-order valence-corrected chi connectivity index (χ1v) is 10.8. The number of carbonyl (C=O) groups excluding carboxylic acids is 1. The maximum Gasteiger partial charge on any atom is 0.291 e. The van der Waals surface area contributed by atoms with Crippen molar-refractivity contribution in [2.75, 3.05) is 36.2 Å². The molecule has 0 aliphatic carbocycles. The summed E-state index contributed by atoms with van der Waals surface area (Å²) in [5.74, 6) is 0.749. The van der Waals surface area contributed by atoms with Crippen LogP contribution in [-0.2, 0) is 13.0 Å². The van der Waals surface area contributed by atoms with E-state index in [0.29, 0.717) is 5.69 Å². The van der Waals surface area contributed by atoms with Crippen molar-refractivity contribution in [3.05, 3.63) is 59.1 Å². The number of hydrogen-bond donors (Lipinski definition) is 3. The van der Waals surface area contributed by atoms with E-state index in [4.69, 9.17) is 4.42 Å². The van der Waals surface area contributed by atoms with Gasteiger partial charge in [-0.2, -0.15) is 0 Å². The molecule has 4 heterocycles. The van der Waals surface area contributed by atoms with Crippen molar-refractivity contribution in [1.29, 1.82) is 0 Å². The maximum atomic E-state index is 12.6. The number of anilines is 4. The Morgan fingerprint density at radius 3 is 2.97 bits per heavy atom. The fourth-order valence-corrected chi connectivity index (χ4v) is 4.94. The van der Waals surface area contributed by atoms with E-state index in [1.807, 2.05) is 37.2 Å². The SMILES string of the molecule is CN(C)c1ccc(Nc2ncnc3sc4c(c23)CCNC4)cc1NC(=O)c1ccco1. The molecule has 1 aliphatic heterocycles. The van der Waals surface area contributed by atoms with E-state index < -0.39 is 0 Å². The zero-order valence-corrected chi connectivity index (χ0v) is 18.0. The molecule has 9 heteroatoms. The van der Waals surface area contributed by atoms with E-state index in [2.05, 4.69) is 25.9 Å². The van der Waals surface area contributed by atoms with Crippen molar-refractivity contribution in [2.45, 2.75) is 13.0 Å². The highest BCUT2D eigenvalue weighted by atomic mass is 32.1.